The number of hydrogen-bond donors (Lipinski definition) is 1. The van der Waals surface area contributed by atoms with E-state index in [1.54, 1.807) is 17.5 Å². The van der Waals surface area contributed by atoms with E-state index in [1.807, 2.05) is 18.2 Å². The highest BCUT2D eigenvalue weighted by molar-refractivity contribution is 7.91. The fraction of sp³-hybridized carbons (Fsp3) is 0.500. The second-order valence-electron chi connectivity index (χ2n) is 8.01. The van der Waals surface area contributed by atoms with E-state index in [1.165, 1.54) is 21.2 Å². The molecule has 0 aliphatic carbocycles. The van der Waals surface area contributed by atoms with Gasteiger partial charge in [0.15, 0.2) is 0 Å². The molecular weight excluding hydrogens is 434 g/mol. The third-order valence-electron chi connectivity index (χ3n) is 5.91. The lowest BCUT2D eigenvalue weighted by Crippen LogP contribution is -2.45. The number of carbonyl (C=O) groups excluding carboxylic acids is 1. The molecule has 9 heteroatoms. The molecular formula is C22H29N3O4S2. The van der Waals surface area contributed by atoms with Gasteiger partial charge in [-0.2, -0.15) is 4.31 Å². The van der Waals surface area contributed by atoms with Crippen molar-refractivity contribution in [2.24, 2.45) is 5.92 Å². The molecule has 2 fully saturated rings. The van der Waals surface area contributed by atoms with Crippen molar-refractivity contribution in [2.45, 2.75) is 30.1 Å². The second kappa shape index (κ2) is 10.2. The molecule has 31 heavy (non-hydrogen) atoms. The van der Waals surface area contributed by atoms with Crippen molar-refractivity contribution < 1.29 is 17.9 Å². The van der Waals surface area contributed by atoms with Crippen molar-refractivity contribution >= 4 is 27.3 Å². The summed E-state index contributed by atoms with van der Waals surface area (Å²) in [6, 6.07) is 11.5. The summed E-state index contributed by atoms with van der Waals surface area (Å²) in [6.07, 6.45) is 1.40. The Kier molecular flexibility index (Phi) is 7.39. The van der Waals surface area contributed by atoms with E-state index in [2.05, 4.69) is 16.3 Å². The maximum atomic E-state index is 12.9. The van der Waals surface area contributed by atoms with Crippen LogP contribution in [0.1, 0.15) is 24.0 Å². The normalized spacial score (nSPS) is 21.1. The van der Waals surface area contributed by atoms with Crippen molar-refractivity contribution in [2.75, 3.05) is 39.4 Å². The first-order valence-corrected chi connectivity index (χ1v) is 13.0. The number of nitrogens with zero attached hydrogens (tertiary/aromatic N) is 2. The molecule has 1 N–H and O–H groups in total. The molecule has 0 radical (unpaired) electrons. The van der Waals surface area contributed by atoms with Crippen LogP contribution in [0.15, 0.2) is 46.0 Å². The Morgan fingerprint density at radius 3 is 2.61 bits per heavy atom. The van der Waals surface area contributed by atoms with Crippen LogP contribution in [0.4, 0.5) is 0 Å². The predicted octanol–water partition coefficient (Wildman–Crippen LogP) is 2.30. The van der Waals surface area contributed by atoms with Gasteiger partial charge in [0, 0.05) is 39.3 Å². The Hall–Kier alpha value is -1.78. The highest BCUT2D eigenvalue weighted by Crippen LogP contribution is 2.26. The van der Waals surface area contributed by atoms with Crippen LogP contribution in [0.25, 0.3) is 0 Å². The molecule has 2 aliphatic rings. The molecule has 1 amide bonds. The zero-order chi connectivity index (χ0) is 21.7. The maximum absolute atomic E-state index is 12.9. The zero-order valence-electron chi connectivity index (χ0n) is 17.5. The van der Waals surface area contributed by atoms with Gasteiger partial charge in [-0.05, 0) is 35.4 Å². The first-order chi connectivity index (χ1) is 15.0. The Labute approximate surface area is 188 Å². The molecule has 2 aliphatic heterocycles. The van der Waals surface area contributed by atoms with Crippen LogP contribution in [0.5, 0.6) is 0 Å². The standard InChI is InChI=1S/C22H29N3O4S2/c26-22(20-7-3-9-25(17-20)31(27,28)21-8-4-14-30-21)23-15-18-5-1-2-6-19(18)16-24-10-12-29-13-11-24/h1-2,4-6,8,14,20H,3,7,9-13,15-17H2,(H,23,26)/t20-/m0/s1. The molecule has 0 unspecified atom stereocenters. The van der Waals surface area contributed by atoms with Crippen LogP contribution < -0.4 is 5.32 Å². The van der Waals surface area contributed by atoms with Gasteiger partial charge < -0.3 is 10.1 Å². The van der Waals surface area contributed by atoms with Crippen molar-refractivity contribution in [3.05, 3.63) is 52.9 Å². The Morgan fingerprint density at radius 2 is 1.87 bits per heavy atom. The minimum Gasteiger partial charge on any atom is -0.379 e. The largest absolute Gasteiger partial charge is 0.379 e. The van der Waals surface area contributed by atoms with E-state index >= 15 is 0 Å². The predicted molar refractivity (Wildman–Crippen MR) is 120 cm³/mol. The minimum absolute atomic E-state index is 0.0766. The van der Waals surface area contributed by atoms with Gasteiger partial charge in [0.2, 0.25) is 5.91 Å². The third-order valence-corrected chi connectivity index (χ3v) is 9.15. The number of benzene rings is 1. The fourth-order valence-corrected chi connectivity index (χ4v) is 6.79. The average molecular weight is 464 g/mol. The summed E-state index contributed by atoms with van der Waals surface area (Å²) in [5.74, 6) is -0.401. The Balaban J connectivity index is 1.36. The number of nitrogens with one attached hydrogen (secondary N) is 1. The number of ether oxygens (including phenoxy) is 1. The number of piperidine rings is 1. The first kappa shape index (κ1) is 22.4. The number of carbonyl (C=O) groups is 1. The van der Waals surface area contributed by atoms with Crippen molar-refractivity contribution in [1.29, 1.82) is 0 Å². The Bertz CT molecular complexity index is 972. The molecule has 1 aromatic carbocycles. The van der Waals surface area contributed by atoms with Crippen LogP contribution >= 0.6 is 11.3 Å². The molecule has 1 atom stereocenters. The van der Waals surface area contributed by atoms with E-state index in [9.17, 15) is 13.2 Å². The molecule has 7 nitrogen and oxygen atoms in total. The lowest BCUT2D eigenvalue weighted by molar-refractivity contribution is -0.126. The number of hydrogen-bond acceptors (Lipinski definition) is 6. The lowest BCUT2D eigenvalue weighted by atomic mass is 9.98. The van der Waals surface area contributed by atoms with Crippen molar-refractivity contribution in [3.8, 4) is 0 Å². The van der Waals surface area contributed by atoms with E-state index in [0.29, 0.717) is 30.1 Å². The number of amides is 1. The minimum atomic E-state index is -3.52. The highest BCUT2D eigenvalue weighted by Gasteiger charge is 2.33. The Morgan fingerprint density at radius 1 is 1.10 bits per heavy atom. The van der Waals surface area contributed by atoms with Gasteiger partial charge in [0.1, 0.15) is 4.21 Å². The fourth-order valence-electron chi connectivity index (χ4n) is 4.12. The topological polar surface area (TPSA) is 79.0 Å². The van der Waals surface area contributed by atoms with E-state index in [4.69, 9.17) is 4.74 Å². The van der Waals surface area contributed by atoms with Gasteiger partial charge in [-0.15, -0.1) is 11.3 Å². The summed E-state index contributed by atoms with van der Waals surface area (Å²) in [5.41, 5.74) is 2.30. The summed E-state index contributed by atoms with van der Waals surface area (Å²) in [7, 11) is -3.52. The maximum Gasteiger partial charge on any atom is 0.252 e. The lowest BCUT2D eigenvalue weighted by Gasteiger charge is -2.31. The number of rotatable bonds is 7. The zero-order valence-corrected chi connectivity index (χ0v) is 19.2. The van der Waals surface area contributed by atoms with Crippen molar-refractivity contribution in [1.82, 2.24) is 14.5 Å². The van der Waals surface area contributed by atoms with Gasteiger partial charge in [-0.3, -0.25) is 9.69 Å². The number of morpholine rings is 1. The molecule has 168 valence electrons. The molecule has 3 heterocycles. The van der Waals surface area contributed by atoms with Crippen LogP contribution in [-0.2, 0) is 32.6 Å². The van der Waals surface area contributed by atoms with Crippen LogP contribution in [0.2, 0.25) is 0 Å². The van der Waals surface area contributed by atoms with E-state index < -0.39 is 10.0 Å². The summed E-state index contributed by atoms with van der Waals surface area (Å²) in [4.78, 5) is 15.2. The van der Waals surface area contributed by atoms with E-state index in [-0.39, 0.29) is 18.4 Å². The monoisotopic (exact) mass is 463 g/mol. The SMILES string of the molecule is O=C(NCc1ccccc1CN1CCOCC1)[C@H]1CCCN(S(=O)(=O)c2cccs2)C1. The summed E-state index contributed by atoms with van der Waals surface area (Å²) in [6.45, 7) is 5.33. The van der Waals surface area contributed by atoms with Gasteiger partial charge >= 0.3 is 0 Å². The van der Waals surface area contributed by atoms with Gasteiger partial charge in [0.25, 0.3) is 10.0 Å². The summed E-state index contributed by atoms with van der Waals surface area (Å²) < 4.78 is 32.9. The quantitative estimate of drug-likeness (QED) is 0.682. The van der Waals surface area contributed by atoms with Crippen molar-refractivity contribution in [3.63, 3.8) is 0 Å². The van der Waals surface area contributed by atoms with Crippen LogP contribution in [0, 0.1) is 5.92 Å². The molecule has 1 aromatic heterocycles. The smallest absolute Gasteiger partial charge is 0.252 e. The molecule has 0 saturated carbocycles. The summed E-state index contributed by atoms with van der Waals surface area (Å²) in [5, 5.41) is 4.81. The summed E-state index contributed by atoms with van der Waals surface area (Å²) >= 11 is 1.21. The molecule has 0 spiro atoms. The first-order valence-electron chi connectivity index (χ1n) is 10.7. The van der Waals surface area contributed by atoms with Gasteiger partial charge in [-0.25, -0.2) is 8.42 Å². The van der Waals surface area contributed by atoms with E-state index in [0.717, 1.165) is 38.4 Å². The molecule has 2 aromatic rings. The molecule has 0 bridgehead atoms. The van der Waals surface area contributed by atoms with Gasteiger partial charge in [-0.1, -0.05) is 30.3 Å². The van der Waals surface area contributed by atoms with Crippen LogP contribution in [0.3, 0.4) is 0 Å². The average Bonchev–Trinajstić information content (AvgIpc) is 3.35. The third kappa shape index (κ3) is 5.53. The number of thiophene rings is 1. The second-order valence-corrected chi connectivity index (χ2v) is 11.1. The van der Waals surface area contributed by atoms with Crippen LogP contribution in [-0.4, -0.2) is 62.9 Å². The highest BCUT2D eigenvalue weighted by atomic mass is 32.2. The molecule has 4 rings (SSSR count). The molecule has 2 saturated heterocycles. The van der Waals surface area contributed by atoms with Gasteiger partial charge in [0.05, 0.1) is 19.1 Å². The number of sulfonamides is 1.